The average Bonchev–Trinajstić information content (AvgIpc) is 3.06. The Balaban J connectivity index is 1.99. The van der Waals surface area contributed by atoms with Crippen LogP contribution in [0, 0.1) is 6.92 Å². The van der Waals surface area contributed by atoms with Crippen LogP contribution in [0.3, 0.4) is 0 Å². The van der Waals surface area contributed by atoms with Gasteiger partial charge in [0.25, 0.3) is 0 Å². The largest absolute Gasteiger partial charge is 0.274 e. The van der Waals surface area contributed by atoms with E-state index in [4.69, 9.17) is 4.98 Å². The van der Waals surface area contributed by atoms with Crippen LogP contribution in [0.2, 0.25) is 0 Å². The molecular weight excluding hydrogens is 272 g/mol. The van der Waals surface area contributed by atoms with Gasteiger partial charge in [0.2, 0.25) is 0 Å². The highest BCUT2D eigenvalue weighted by atomic mass is 32.2. The van der Waals surface area contributed by atoms with Crippen LogP contribution in [-0.2, 0) is 0 Å². The maximum atomic E-state index is 4.73. The van der Waals surface area contributed by atoms with Crippen molar-refractivity contribution in [2.24, 2.45) is 4.99 Å². The molecule has 0 atom stereocenters. The summed E-state index contributed by atoms with van der Waals surface area (Å²) in [6, 6.07) is 10.9. The van der Waals surface area contributed by atoms with Crippen LogP contribution in [-0.4, -0.2) is 22.3 Å². The van der Waals surface area contributed by atoms with Gasteiger partial charge in [0.05, 0.1) is 10.2 Å². The number of hydrogen-bond acceptors (Lipinski definition) is 4. The molecule has 0 unspecified atom stereocenters. The molecule has 1 aliphatic heterocycles. The predicted octanol–water partition coefficient (Wildman–Crippen LogP) is 4.25. The van der Waals surface area contributed by atoms with Gasteiger partial charge in [0, 0.05) is 17.7 Å². The van der Waals surface area contributed by atoms with E-state index in [1.165, 1.54) is 21.0 Å². The summed E-state index contributed by atoms with van der Waals surface area (Å²) in [7, 11) is 0. The van der Waals surface area contributed by atoms with E-state index in [9.17, 15) is 0 Å². The van der Waals surface area contributed by atoms with Crippen LogP contribution in [0.15, 0.2) is 35.3 Å². The Bertz CT molecular complexity index is 817. The molecule has 4 rings (SSSR count). The van der Waals surface area contributed by atoms with E-state index in [0.29, 0.717) is 0 Å². The van der Waals surface area contributed by atoms with Crippen molar-refractivity contribution in [3.05, 3.63) is 40.9 Å². The number of fused-ring (bicyclic) bond motifs is 3. The smallest absolute Gasteiger partial charge is 0.149 e. The Kier molecular flexibility index (Phi) is 2.60. The third-order valence-corrected chi connectivity index (χ3v) is 5.52. The fraction of sp³-hybridized carbons (Fsp3) is 0.200. The maximum absolute atomic E-state index is 4.73. The molecule has 1 aliphatic rings. The quantitative estimate of drug-likeness (QED) is 0.667. The van der Waals surface area contributed by atoms with E-state index >= 15 is 0 Å². The third kappa shape index (κ3) is 1.86. The Morgan fingerprint density at radius 1 is 1.16 bits per heavy atom. The molecule has 2 aromatic carbocycles. The van der Waals surface area contributed by atoms with Gasteiger partial charge in [-0.25, -0.2) is 4.98 Å². The van der Waals surface area contributed by atoms with Gasteiger partial charge in [0.1, 0.15) is 10.1 Å². The van der Waals surface area contributed by atoms with Crippen molar-refractivity contribution in [1.29, 1.82) is 0 Å². The number of aryl methyl sites for hydroxylation is 1. The molecule has 0 bridgehead atoms. The second-order valence-electron chi connectivity index (χ2n) is 4.69. The highest BCUT2D eigenvalue weighted by Gasteiger charge is 2.15. The summed E-state index contributed by atoms with van der Waals surface area (Å²) in [6.07, 6.45) is 0. The van der Waals surface area contributed by atoms with Crippen LogP contribution in [0.5, 0.6) is 0 Å². The molecule has 94 valence electrons. The first-order valence-corrected chi connectivity index (χ1v) is 8.09. The Labute approximate surface area is 119 Å². The SMILES string of the molecule is Cc1ccc2c(ccc3nc(C4=NCCS4)sc32)c1. The van der Waals surface area contributed by atoms with Crippen LogP contribution >= 0.6 is 23.1 Å². The van der Waals surface area contributed by atoms with E-state index in [1.54, 1.807) is 11.3 Å². The topological polar surface area (TPSA) is 25.2 Å². The zero-order valence-electron chi connectivity index (χ0n) is 10.5. The van der Waals surface area contributed by atoms with E-state index in [2.05, 4.69) is 42.2 Å². The Hall–Kier alpha value is -1.39. The highest BCUT2D eigenvalue weighted by molar-refractivity contribution is 8.15. The van der Waals surface area contributed by atoms with Crippen molar-refractivity contribution in [1.82, 2.24) is 4.98 Å². The van der Waals surface area contributed by atoms with Gasteiger partial charge < -0.3 is 0 Å². The minimum atomic E-state index is 0.926. The van der Waals surface area contributed by atoms with Crippen molar-refractivity contribution in [3.8, 4) is 0 Å². The van der Waals surface area contributed by atoms with Gasteiger partial charge in [0.15, 0.2) is 0 Å². The van der Waals surface area contributed by atoms with Gasteiger partial charge in [-0.05, 0) is 18.4 Å². The summed E-state index contributed by atoms with van der Waals surface area (Å²) < 4.78 is 1.28. The minimum Gasteiger partial charge on any atom is -0.274 e. The first kappa shape index (κ1) is 11.4. The second-order valence-corrected chi connectivity index (χ2v) is 6.78. The molecule has 0 spiro atoms. The lowest BCUT2D eigenvalue weighted by Crippen LogP contribution is -1.88. The average molecular weight is 284 g/mol. The standard InChI is InChI=1S/C15H12N2S2/c1-9-2-4-11-10(8-9)3-5-12-13(11)19-15(17-12)14-16-6-7-18-14/h2-5,8H,6-7H2,1H3. The summed E-state index contributed by atoms with van der Waals surface area (Å²) in [4.78, 5) is 9.26. The zero-order chi connectivity index (χ0) is 12.8. The number of aromatic nitrogens is 1. The van der Waals surface area contributed by atoms with Gasteiger partial charge in [-0.2, -0.15) is 0 Å². The highest BCUT2D eigenvalue weighted by Crippen LogP contribution is 2.33. The molecule has 0 radical (unpaired) electrons. The fourth-order valence-electron chi connectivity index (χ4n) is 2.39. The Morgan fingerprint density at radius 2 is 2.11 bits per heavy atom. The lowest BCUT2D eigenvalue weighted by atomic mass is 10.1. The fourth-order valence-corrected chi connectivity index (χ4v) is 4.42. The molecule has 0 saturated carbocycles. The van der Waals surface area contributed by atoms with E-state index in [-0.39, 0.29) is 0 Å². The number of nitrogens with zero attached hydrogens (tertiary/aromatic N) is 2. The molecule has 0 amide bonds. The lowest BCUT2D eigenvalue weighted by molar-refractivity contribution is 1.17. The first-order chi connectivity index (χ1) is 9.31. The summed E-state index contributed by atoms with van der Waals surface area (Å²) in [6.45, 7) is 3.06. The number of rotatable bonds is 1. The van der Waals surface area contributed by atoms with Gasteiger partial charge in [-0.1, -0.05) is 29.8 Å². The second kappa shape index (κ2) is 4.32. The van der Waals surface area contributed by atoms with Crippen molar-refractivity contribution in [2.75, 3.05) is 12.3 Å². The molecule has 3 aromatic rings. The molecule has 0 N–H and O–H groups in total. The molecule has 0 fully saturated rings. The predicted molar refractivity (Wildman–Crippen MR) is 85.7 cm³/mol. The van der Waals surface area contributed by atoms with Crippen molar-refractivity contribution < 1.29 is 0 Å². The summed E-state index contributed by atoms with van der Waals surface area (Å²) >= 11 is 3.58. The lowest BCUT2D eigenvalue weighted by Gasteiger charge is -1.99. The van der Waals surface area contributed by atoms with E-state index in [1.807, 2.05) is 11.8 Å². The van der Waals surface area contributed by atoms with Crippen molar-refractivity contribution >= 4 is 49.1 Å². The van der Waals surface area contributed by atoms with Gasteiger partial charge >= 0.3 is 0 Å². The van der Waals surface area contributed by atoms with Crippen LogP contribution < -0.4 is 0 Å². The third-order valence-electron chi connectivity index (χ3n) is 3.29. The van der Waals surface area contributed by atoms with E-state index in [0.717, 1.165) is 27.9 Å². The molecule has 2 nitrogen and oxygen atoms in total. The first-order valence-electron chi connectivity index (χ1n) is 6.29. The normalized spacial score (nSPS) is 15.3. The molecule has 0 saturated heterocycles. The number of thiazole rings is 1. The summed E-state index contributed by atoms with van der Waals surface area (Å²) in [5, 5.41) is 4.78. The Morgan fingerprint density at radius 3 is 2.95 bits per heavy atom. The minimum absolute atomic E-state index is 0.926. The number of thioether (sulfide) groups is 1. The molecular formula is C15H12N2S2. The molecule has 2 heterocycles. The van der Waals surface area contributed by atoms with Crippen LogP contribution in [0.25, 0.3) is 21.0 Å². The molecule has 19 heavy (non-hydrogen) atoms. The maximum Gasteiger partial charge on any atom is 0.149 e. The number of aliphatic imine (C=N–C) groups is 1. The number of hydrogen-bond donors (Lipinski definition) is 0. The molecule has 1 aromatic heterocycles. The van der Waals surface area contributed by atoms with Crippen LogP contribution in [0.1, 0.15) is 10.6 Å². The monoisotopic (exact) mass is 284 g/mol. The van der Waals surface area contributed by atoms with E-state index < -0.39 is 0 Å². The number of benzene rings is 2. The van der Waals surface area contributed by atoms with Gasteiger partial charge in [-0.15, -0.1) is 23.1 Å². The molecule has 4 heteroatoms. The van der Waals surface area contributed by atoms with Crippen LogP contribution in [0.4, 0.5) is 0 Å². The molecule has 0 aliphatic carbocycles. The summed E-state index contributed by atoms with van der Waals surface area (Å²) in [5.74, 6) is 1.09. The van der Waals surface area contributed by atoms with Gasteiger partial charge in [-0.3, -0.25) is 4.99 Å². The zero-order valence-corrected chi connectivity index (χ0v) is 12.1. The van der Waals surface area contributed by atoms with Crippen molar-refractivity contribution in [3.63, 3.8) is 0 Å². The summed E-state index contributed by atoms with van der Waals surface area (Å²) in [5.41, 5.74) is 2.39. The van der Waals surface area contributed by atoms with Crippen molar-refractivity contribution in [2.45, 2.75) is 6.92 Å².